The summed E-state index contributed by atoms with van der Waals surface area (Å²) in [7, 11) is 0. The van der Waals surface area contributed by atoms with Gasteiger partial charge in [-0.05, 0) is 51.2 Å². The second kappa shape index (κ2) is 6.09. The van der Waals surface area contributed by atoms with Gasteiger partial charge in [0.05, 0.1) is 6.61 Å². The molecule has 2 rings (SSSR count). The topological polar surface area (TPSA) is 29.5 Å². The number of ether oxygens (including phenoxy) is 1. The van der Waals surface area contributed by atoms with Crippen LogP contribution in [-0.2, 0) is 11.2 Å². The second-order valence-corrected chi connectivity index (χ2v) is 5.32. The lowest BCUT2D eigenvalue weighted by atomic mass is 9.98. The van der Waals surface area contributed by atoms with Crippen LogP contribution in [0.3, 0.4) is 0 Å². The molecule has 0 N–H and O–H groups in total. The van der Waals surface area contributed by atoms with Crippen molar-refractivity contribution in [3.8, 4) is 0 Å². The third-order valence-electron chi connectivity index (χ3n) is 3.84. The number of amides is 1. The molecule has 1 aliphatic rings. The van der Waals surface area contributed by atoms with Crippen molar-refractivity contribution in [2.75, 3.05) is 13.2 Å². The van der Waals surface area contributed by atoms with Crippen LogP contribution in [0.5, 0.6) is 0 Å². The molecular weight excluding hydrogens is 238 g/mol. The standard InChI is InChI=1S/C16H23NO2/c1-4-19-16(18)17-9-5-6-15(17)11-14-10-12(2)7-8-13(14)3/h7-8,10,15H,4-6,9,11H2,1-3H3. The number of rotatable bonds is 3. The Kier molecular flexibility index (Phi) is 4.46. The molecule has 1 saturated heterocycles. The van der Waals surface area contributed by atoms with Crippen LogP contribution in [0.1, 0.15) is 36.5 Å². The van der Waals surface area contributed by atoms with Gasteiger partial charge in [0.15, 0.2) is 0 Å². The van der Waals surface area contributed by atoms with Gasteiger partial charge in [-0.2, -0.15) is 0 Å². The van der Waals surface area contributed by atoms with E-state index in [0.29, 0.717) is 12.6 Å². The molecule has 1 unspecified atom stereocenters. The maximum absolute atomic E-state index is 11.9. The van der Waals surface area contributed by atoms with Crippen LogP contribution in [0.4, 0.5) is 4.79 Å². The zero-order chi connectivity index (χ0) is 13.8. The lowest BCUT2D eigenvalue weighted by Crippen LogP contribution is -2.37. The van der Waals surface area contributed by atoms with E-state index in [1.165, 1.54) is 16.7 Å². The minimum absolute atomic E-state index is 0.157. The molecule has 0 aromatic heterocycles. The Morgan fingerprint density at radius 3 is 2.95 bits per heavy atom. The van der Waals surface area contributed by atoms with Gasteiger partial charge in [0.2, 0.25) is 0 Å². The molecule has 104 valence electrons. The molecule has 0 radical (unpaired) electrons. The monoisotopic (exact) mass is 261 g/mol. The Labute approximate surface area is 115 Å². The van der Waals surface area contributed by atoms with E-state index in [0.717, 1.165) is 25.8 Å². The van der Waals surface area contributed by atoms with E-state index in [1.54, 1.807) is 0 Å². The van der Waals surface area contributed by atoms with Crippen molar-refractivity contribution in [1.82, 2.24) is 4.90 Å². The first-order valence-corrected chi connectivity index (χ1v) is 7.11. The van der Waals surface area contributed by atoms with Gasteiger partial charge in [-0.1, -0.05) is 23.8 Å². The molecule has 1 aromatic rings. The number of benzene rings is 1. The SMILES string of the molecule is CCOC(=O)N1CCCC1Cc1cc(C)ccc1C. The van der Waals surface area contributed by atoms with Gasteiger partial charge in [-0.25, -0.2) is 4.79 Å². The van der Waals surface area contributed by atoms with Gasteiger partial charge in [0.25, 0.3) is 0 Å². The van der Waals surface area contributed by atoms with E-state index in [2.05, 4.69) is 32.0 Å². The van der Waals surface area contributed by atoms with E-state index in [9.17, 15) is 4.79 Å². The molecule has 1 aromatic carbocycles. The van der Waals surface area contributed by atoms with Gasteiger partial charge >= 0.3 is 6.09 Å². The Morgan fingerprint density at radius 2 is 2.21 bits per heavy atom. The molecule has 0 aliphatic carbocycles. The third-order valence-corrected chi connectivity index (χ3v) is 3.84. The maximum atomic E-state index is 11.9. The Morgan fingerprint density at radius 1 is 1.42 bits per heavy atom. The number of carbonyl (C=O) groups is 1. The van der Waals surface area contributed by atoms with E-state index in [4.69, 9.17) is 4.74 Å². The van der Waals surface area contributed by atoms with E-state index in [1.807, 2.05) is 11.8 Å². The molecule has 0 spiro atoms. The van der Waals surface area contributed by atoms with Crippen molar-refractivity contribution in [2.24, 2.45) is 0 Å². The summed E-state index contributed by atoms with van der Waals surface area (Å²) in [5.41, 5.74) is 3.93. The van der Waals surface area contributed by atoms with Crippen LogP contribution in [0.15, 0.2) is 18.2 Å². The van der Waals surface area contributed by atoms with Crippen LogP contribution >= 0.6 is 0 Å². The highest BCUT2D eigenvalue weighted by molar-refractivity contribution is 5.68. The first kappa shape index (κ1) is 13.9. The highest BCUT2D eigenvalue weighted by Gasteiger charge is 2.29. The number of likely N-dealkylation sites (tertiary alicyclic amines) is 1. The summed E-state index contributed by atoms with van der Waals surface area (Å²) >= 11 is 0. The molecule has 1 amide bonds. The summed E-state index contributed by atoms with van der Waals surface area (Å²) in [6.45, 7) is 7.38. The summed E-state index contributed by atoms with van der Waals surface area (Å²) in [4.78, 5) is 13.8. The fourth-order valence-electron chi connectivity index (χ4n) is 2.77. The normalized spacial score (nSPS) is 18.7. The molecule has 3 heteroatoms. The van der Waals surface area contributed by atoms with Crippen molar-refractivity contribution in [3.63, 3.8) is 0 Å². The zero-order valence-corrected chi connectivity index (χ0v) is 12.1. The fraction of sp³-hybridized carbons (Fsp3) is 0.562. The van der Waals surface area contributed by atoms with Gasteiger partial charge in [-0.15, -0.1) is 0 Å². The van der Waals surface area contributed by atoms with Crippen LogP contribution in [0.25, 0.3) is 0 Å². The van der Waals surface area contributed by atoms with Gasteiger partial charge in [0.1, 0.15) is 0 Å². The Hall–Kier alpha value is -1.51. The van der Waals surface area contributed by atoms with Crippen LogP contribution < -0.4 is 0 Å². The minimum atomic E-state index is -0.157. The van der Waals surface area contributed by atoms with Crippen molar-refractivity contribution in [1.29, 1.82) is 0 Å². The fourth-order valence-corrected chi connectivity index (χ4v) is 2.77. The molecule has 1 atom stereocenters. The summed E-state index contributed by atoms with van der Waals surface area (Å²) in [5, 5.41) is 0. The van der Waals surface area contributed by atoms with Crippen LogP contribution in [-0.4, -0.2) is 30.2 Å². The molecule has 1 heterocycles. The average molecular weight is 261 g/mol. The predicted octanol–water partition coefficient (Wildman–Crippen LogP) is 3.47. The number of hydrogen-bond donors (Lipinski definition) is 0. The zero-order valence-electron chi connectivity index (χ0n) is 12.1. The van der Waals surface area contributed by atoms with Crippen molar-refractivity contribution in [2.45, 2.75) is 46.1 Å². The molecule has 0 bridgehead atoms. The molecular formula is C16H23NO2. The number of nitrogens with zero attached hydrogens (tertiary/aromatic N) is 1. The van der Waals surface area contributed by atoms with Gasteiger partial charge in [-0.3, -0.25) is 0 Å². The summed E-state index contributed by atoms with van der Waals surface area (Å²) in [6.07, 6.45) is 2.93. The Bertz CT molecular complexity index is 456. The summed E-state index contributed by atoms with van der Waals surface area (Å²) in [5.74, 6) is 0. The van der Waals surface area contributed by atoms with Gasteiger partial charge in [0, 0.05) is 12.6 Å². The first-order valence-electron chi connectivity index (χ1n) is 7.11. The summed E-state index contributed by atoms with van der Waals surface area (Å²) < 4.78 is 5.13. The van der Waals surface area contributed by atoms with Crippen molar-refractivity contribution < 1.29 is 9.53 Å². The van der Waals surface area contributed by atoms with Crippen LogP contribution in [0, 0.1) is 13.8 Å². The molecule has 0 saturated carbocycles. The average Bonchev–Trinajstić information content (AvgIpc) is 2.82. The number of aryl methyl sites for hydroxylation is 2. The minimum Gasteiger partial charge on any atom is -0.450 e. The van der Waals surface area contributed by atoms with Gasteiger partial charge < -0.3 is 9.64 Å². The maximum Gasteiger partial charge on any atom is 0.410 e. The highest BCUT2D eigenvalue weighted by Crippen LogP contribution is 2.23. The van der Waals surface area contributed by atoms with E-state index < -0.39 is 0 Å². The predicted molar refractivity (Wildman–Crippen MR) is 76.4 cm³/mol. The number of carbonyl (C=O) groups excluding carboxylic acids is 1. The first-order chi connectivity index (χ1) is 9.11. The van der Waals surface area contributed by atoms with E-state index in [-0.39, 0.29) is 6.09 Å². The second-order valence-electron chi connectivity index (χ2n) is 5.32. The molecule has 1 aliphatic heterocycles. The quantitative estimate of drug-likeness (QED) is 0.834. The highest BCUT2D eigenvalue weighted by atomic mass is 16.6. The van der Waals surface area contributed by atoms with Crippen molar-refractivity contribution in [3.05, 3.63) is 34.9 Å². The Balaban J connectivity index is 2.09. The third kappa shape index (κ3) is 3.28. The molecule has 1 fully saturated rings. The largest absolute Gasteiger partial charge is 0.450 e. The number of hydrogen-bond acceptors (Lipinski definition) is 2. The van der Waals surface area contributed by atoms with Crippen LogP contribution in [0.2, 0.25) is 0 Å². The summed E-state index contributed by atoms with van der Waals surface area (Å²) in [6, 6.07) is 6.82. The molecule has 3 nitrogen and oxygen atoms in total. The van der Waals surface area contributed by atoms with Crippen molar-refractivity contribution >= 4 is 6.09 Å². The van der Waals surface area contributed by atoms with E-state index >= 15 is 0 Å². The smallest absolute Gasteiger partial charge is 0.410 e. The molecule has 19 heavy (non-hydrogen) atoms. The lowest BCUT2D eigenvalue weighted by molar-refractivity contribution is 0.103. The lowest BCUT2D eigenvalue weighted by Gasteiger charge is -2.24.